The minimum Gasteiger partial charge on any atom is -0.322 e. The Balaban J connectivity index is 1.33. The summed E-state index contributed by atoms with van der Waals surface area (Å²) in [6.45, 7) is 11.2. The molecule has 0 saturated carbocycles. The van der Waals surface area contributed by atoms with Crippen LogP contribution in [0.25, 0.3) is 21.0 Å². The lowest BCUT2D eigenvalue weighted by molar-refractivity contribution is 0.102. The van der Waals surface area contributed by atoms with Crippen molar-refractivity contribution in [1.29, 1.82) is 0 Å². The van der Waals surface area contributed by atoms with Crippen LogP contribution >= 0.6 is 23.1 Å². The number of carbonyl (C=O) groups is 1. The van der Waals surface area contributed by atoms with Crippen LogP contribution in [0.3, 0.4) is 0 Å². The average Bonchev–Trinajstić information content (AvgIpc) is 3.24. The van der Waals surface area contributed by atoms with E-state index in [-0.39, 0.29) is 11.3 Å². The van der Waals surface area contributed by atoms with Gasteiger partial charge in [-0.05, 0) is 76.6 Å². The van der Waals surface area contributed by atoms with Crippen LogP contribution in [0, 0.1) is 13.8 Å². The molecule has 1 heterocycles. The Labute approximate surface area is 221 Å². The lowest BCUT2D eigenvalue weighted by Crippen LogP contribution is -2.12. The summed E-state index contributed by atoms with van der Waals surface area (Å²) in [7, 11) is 0. The minimum absolute atomic E-state index is 0.102. The van der Waals surface area contributed by atoms with Crippen molar-refractivity contribution in [2.45, 2.75) is 50.1 Å². The Bertz CT molecular complexity index is 1570. The number of benzene rings is 4. The topological polar surface area (TPSA) is 42.0 Å². The molecule has 0 atom stereocenters. The molecule has 0 fully saturated rings. The van der Waals surface area contributed by atoms with Crippen LogP contribution < -0.4 is 5.32 Å². The second kappa shape index (κ2) is 9.72. The van der Waals surface area contributed by atoms with E-state index in [2.05, 4.69) is 52.1 Å². The molecule has 5 aromatic rings. The molecule has 182 valence electrons. The highest BCUT2D eigenvalue weighted by Crippen LogP contribution is 2.35. The highest BCUT2D eigenvalue weighted by Gasteiger charge is 2.17. The molecule has 5 heteroatoms. The van der Waals surface area contributed by atoms with Crippen LogP contribution in [0.4, 0.5) is 5.69 Å². The average molecular weight is 511 g/mol. The van der Waals surface area contributed by atoms with Crippen LogP contribution in [0.15, 0.2) is 77.1 Å². The Hall–Kier alpha value is -3.15. The van der Waals surface area contributed by atoms with Gasteiger partial charge in [0.1, 0.15) is 0 Å². The van der Waals surface area contributed by atoms with Gasteiger partial charge in [-0.3, -0.25) is 4.79 Å². The first kappa shape index (κ1) is 24.5. The molecule has 0 aliphatic rings. The molecule has 36 heavy (non-hydrogen) atoms. The zero-order valence-corrected chi connectivity index (χ0v) is 22.9. The van der Waals surface area contributed by atoms with Crippen molar-refractivity contribution in [2.24, 2.45) is 0 Å². The number of carbonyl (C=O) groups excluding carboxylic acids is 1. The Morgan fingerprint density at radius 3 is 2.42 bits per heavy atom. The molecule has 3 nitrogen and oxygen atoms in total. The van der Waals surface area contributed by atoms with Gasteiger partial charge in [-0.25, -0.2) is 4.98 Å². The summed E-state index contributed by atoms with van der Waals surface area (Å²) in [5.41, 5.74) is 8.01. The molecular formula is C31H30N2OS2. The summed E-state index contributed by atoms with van der Waals surface area (Å²) in [5, 5.41) is 5.09. The van der Waals surface area contributed by atoms with Crippen molar-refractivity contribution in [3.63, 3.8) is 0 Å². The standard InChI is InChI=1S/C31H30N2OS2/c1-19-15-22(31(3,4)5)16-20(2)26(19)18-35-30-33-27-14-13-23(17-28(27)36-30)32-29(34)25-12-8-10-21-9-6-7-11-24(21)25/h6-17H,18H2,1-5H3,(H,32,34). The van der Waals surface area contributed by atoms with E-state index in [1.54, 1.807) is 23.1 Å². The smallest absolute Gasteiger partial charge is 0.256 e. The van der Waals surface area contributed by atoms with Gasteiger partial charge in [-0.15, -0.1) is 11.3 Å². The third kappa shape index (κ3) is 5.04. The number of hydrogen-bond donors (Lipinski definition) is 1. The molecule has 0 aliphatic heterocycles. The fourth-order valence-electron chi connectivity index (χ4n) is 4.45. The Morgan fingerprint density at radius 1 is 0.944 bits per heavy atom. The molecule has 0 spiro atoms. The lowest BCUT2D eigenvalue weighted by Gasteiger charge is -2.22. The number of aromatic nitrogens is 1. The van der Waals surface area contributed by atoms with Crippen molar-refractivity contribution < 1.29 is 4.79 Å². The summed E-state index contributed by atoms with van der Waals surface area (Å²) in [4.78, 5) is 17.9. The summed E-state index contributed by atoms with van der Waals surface area (Å²) < 4.78 is 2.12. The van der Waals surface area contributed by atoms with Gasteiger partial charge < -0.3 is 5.32 Å². The minimum atomic E-state index is -0.102. The maximum absolute atomic E-state index is 13.1. The molecule has 0 bridgehead atoms. The number of fused-ring (bicyclic) bond motifs is 2. The summed E-state index contributed by atoms with van der Waals surface area (Å²) in [6, 6.07) is 24.4. The first-order chi connectivity index (χ1) is 17.2. The fraction of sp³-hybridized carbons (Fsp3) is 0.226. The number of aryl methyl sites for hydroxylation is 2. The van der Waals surface area contributed by atoms with E-state index >= 15 is 0 Å². The van der Waals surface area contributed by atoms with Crippen molar-refractivity contribution in [3.05, 3.63) is 101 Å². The number of rotatable bonds is 5. The molecule has 1 N–H and O–H groups in total. The van der Waals surface area contributed by atoms with Crippen molar-refractivity contribution in [3.8, 4) is 0 Å². The van der Waals surface area contributed by atoms with Crippen LogP contribution in [0.1, 0.15) is 53.4 Å². The molecule has 4 aromatic carbocycles. The van der Waals surface area contributed by atoms with E-state index in [1.165, 1.54) is 22.3 Å². The number of thioether (sulfide) groups is 1. The van der Waals surface area contributed by atoms with Crippen molar-refractivity contribution in [2.75, 3.05) is 5.32 Å². The number of hydrogen-bond acceptors (Lipinski definition) is 4. The number of amides is 1. The quantitative estimate of drug-likeness (QED) is 0.240. The van der Waals surface area contributed by atoms with E-state index < -0.39 is 0 Å². The molecule has 0 unspecified atom stereocenters. The van der Waals surface area contributed by atoms with Crippen LogP contribution in [-0.2, 0) is 11.2 Å². The normalized spacial score (nSPS) is 11.8. The predicted octanol–water partition coefficient (Wildman–Crippen LogP) is 8.91. The second-order valence-corrected chi connectivity index (χ2v) is 12.5. The van der Waals surface area contributed by atoms with Crippen LogP contribution in [0.2, 0.25) is 0 Å². The van der Waals surface area contributed by atoms with E-state index in [4.69, 9.17) is 4.98 Å². The summed E-state index contributed by atoms with van der Waals surface area (Å²) in [6.07, 6.45) is 0. The molecule has 0 radical (unpaired) electrons. The van der Waals surface area contributed by atoms with Gasteiger partial charge in [0.2, 0.25) is 0 Å². The highest BCUT2D eigenvalue weighted by molar-refractivity contribution is 8.00. The third-order valence-electron chi connectivity index (χ3n) is 6.56. The molecule has 1 amide bonds. The van der Waals surface area contributed by atoms with Gasteiger partial charge >= 0.3 is 0 Å². The summed E-state index contributed by atoms with van der Waals surface area (Å²) in [5.74, 6) is 0.793. The molecular weight excluding hydrogens is 480 g/mol. The highest BCUT2D eigenvalue weighted by atomic mass is 32.2. The Kier molecular flexibility index (Phi) is 6.62. The van der Waals surface area contributed by atoms with Crippen molar-refractivity contribution >= 4 is 55.7 Å². The molecule has 1 aromatic heterocycles. The van der Waals surface area contributed by atoms with Crippen LogP contribution in [0.5, 0.6) is 0 Å². The number of thiazole rings is 1. The first-order valence-corrected chi connectivity index (χ1v) is 13.9. The third-order valence-corrected chi connectivity index (χ3v) is 8.75. The molecule has 5 rings (SSSR count). The largest absolute Gasteiger partial charge is 0.322 e. The monoisotopic (exact) mass is 510 g/mol. The van der Waals surface area contributed by atoms with E-state index in [0.29, 0.717) is 5.56 Å². The predicted molar refractivity (Wildman–Crippen MR) is 156 cm³/mol. The van der Waals surface area contributed by atoms with Gasteiger partial charge in [-0.2, -0.15) is 0 Å². The Morgan fingerprint density at radius 2 is 1.67 bits per heavy atom. The zero-order chi connectivity index (χ0) is 25.4. The molecule has 0 saturated heterocycles. The maximum Gasteiger partial charge on any atom is 0.256 e. The fourth-order valence-corrected chi connectivity index (χ4v) is 6.76. The van der Waals surface area contributed by atoms with Gasteiger partial charge in [0.05, 0.1) is 10.2 Å². The number of anilines is 1. The van der Waals surface area contributed by atoms with Crippen LogP contribution in [-0.4, -0.2) is 10.9 Å². The van der Waals surface area contributed by atoms with E-state index in [1.807, 2.05) is 60.7 Å². The maximum atomic E-state index is 13.1. The van der Waals surface area contributed by atoms with Crippen molar-refractivity contribution in [1.82, 2.24) is 4.98 Å². The van der Waals surface area contributed by atoms with E-state index in [0.717, 1.165) is 36.8 Å². The van der Waals surface area contributed by atoms with Gasteiger partial charge in [0.25, 0.3) is 5.91 Å². The summed E-state index contributed by atoms with van der Waals surface area (Å²) >= 11 is 3.45. The molecule has 0 aliphatic carbocycles. The van der Waals surface area contributed by atoms with Gasteiger partial charge in [0, 0.05) is 17.0 Å². The van der Waals surface area contributed by atoms with Gasteiger partial charge in [0.15, 0.2) is 4.34 Å². The second-order valence-electron chi connectivity index (χ2n) is 10.3. The first-order valence-electron chi connectivity index (χ1n) is 12.1. The number of nitrogens with zero attached hydrogens (tertiary/aromatic N) is 1. The van der Waals surface area contributed by atoms with Gasteiger partial charge in [-0.1, -0.05) is 81.1 Å². The zero-order valence-electron chi connectivity index (χ0n) is 21.3. The SMILES string of the molecule is Cc1cc(C(C)(C)C)cc(C)c1CSc1nc2ccc(NC(=O)c3cccc4ccccc34)cc2s1. The van der Waals surface area contributed by atoms with E-state index in [9.17, 15) is 4.79 Å². The lowest BCUT2D eigenvalue weighted by atomic mass is 9.84. The number of nitrogens with one attached hydrogen (secondary N) is 1.